The standard InChI is InChI=1S/C12H17FN2O2S.ClH/c13-10-4-6-12(7-5-10)18(16,17)15-8-2-1-3-11(15)9-14;/h4-7,11H,1-3,8-9,14H2;1H. The molecule has 2 rings (SSSR count). The van der Waals surface area contributed by atoms with Crippen molar-refractivity contribution in [2.45, 2.75) is 30.2 Å². The molecule has 1 aliphatic rings. The molecule has 19 heavy (non-hydrogen) atoms. The van der Waals surface area contributed by atoms with Gasteiger partial charge in [0, 0.05) is 19.1 Å². The van der Waals surface area contributed by atoms with Gasteiger partial charge in [0.15, 0.2) is 0 Å². The van der Waals surface area contributed by atoms with Gasteiger partial charge in [0.1, 0.15) is 5.82 Å². The van der Waals surface area contributed by atoms with Crippen molar-refractivity contribution in [2.24, 2.45) is 5.73 Å². The van der Waals surface area contributed by atoms with Crippen LogP contribution in [0.25, 0.3) is 0 Å². The van der Waals surface area contributed by atoms with Crippen LogP contribution in [0.2, 0.25) is 0 Å². The second-order valence-corrected chi connectivity index (χ2v) is 6.35. The predicted molar refractivity (Wildman–Crippen MR) is 74.2 cm³/mol. The Morgan fingerprint density at radius 1 is 1.26 bits per heavy atom. The van der Waals surface area contributed by atoms with E-state index in [0.717, 1.165) is 31.4 Å². The van der Waals surface area contributed by atoms with E-state index >= 15 is 0 Å². The maximum absolute atomic E-state index is 12.8. The molecule has 0 saturated carbocycles. The van der Waals surface area contributed by atoms with Crippen molar-refractivity contribution in [1.82, 2.24) is 4.31 Å². The highest BCUT2D eigenvalue weighted by Gasteiger charge is 2.32. The highest BCUT2D eigenvalue weighted by atomic mass is 35.5. The minimum absolute atomic E-state index is 0. The molecule has 0 spiro atoms. The Bertz CT molecular complexity index is 507. The molecule has 2 N–H and O–H groups in total. The molecule has 1 atom stereocenters. The normalized spacial score (nSPS) is 20.8. The molecule has 1 fully saturated rings. The van der Waals surface area contributed by atoms with Crippen LogP contribution in [0, 0.1) is 5.82 Å². The van der Waals surface area contributed by atoms with Gasteiger partial charge in [0.05, 0.1) is 4.90 Å². The quantitative estimate of drug-likeness (QED) is 0.925. The largest absolute Gasteiger partial charge is 0.329 e. The van der Waals surface area contributed by atoms with Crippen molar-refractivity contribution >= 4 is 22.4 Å². The van der Waals surface area contributed by atoms with E-state index in [9.17, 15) is 12.8 Å². The molecule has 7 heteroatoms. The van der Waals surface area contributed by atoms with Crippen molar-refractivity contribution < 1.29 is 12.8 Å². The van der Waals surface area contributed by atoms with Crippen LogP contribution in [0.3, 0.4) is 0 Å². The lowest BCUT2D eigenvalue weighted by Crippen LogP contribution is -2.47. The van der Waals surface area contributed by atoms with Crippen LogP contribution in [0.4, 0.5) is 4.39 Å². The fourth-order valence-corrected chi connectivity index (χ4v) is 3.97. The molecule has 0 aromatic heterocycles. The van der Waals surface area contributed by atoms with Crippen LogP contribution >= 0.6 is 12.4 Å². The third-order valence-electron chi connectivity index (χ3n) is 3.27. The summed E-state index contributed by atoms with van der Waals surface area (Å²) in [4.78, 5) is 0.129. The summed E-state index contributed by atoms with van der Waals surface area (Å²) in [5, 5.41) is 0. The van der Waals surface area contributed by atoms with E-state index < -0.39 is 15.8 Å². The Morgan fingerprint density at radius 3 is 2.47 bits per heavy atom. The number of hydrogen-bond acceptors (Lipinski definition) is 3. The number of nitrogens with zero attached hydrogens (tertiary/aromatic N) is 1. The van der Waals surface area contributed by atoms with Gasteiger partial charge in [-0.05, 0) is 37.1 Å². The maximum Gasteiger partial charge on any atom is 0.243 e. The number of nitrogens with two attached hydrogens (primary N) is 1. The Kier molecular flexibility index (Phi) is 5.73. The van der Waals surface area contributed by atoms with Gasteiger partial charge in [-0.1, -0.05) is 6.42 Å². The first-order valence-electron chi connectivity index (χ1n) is 6.03. The average molecular weight is 309 g/mol. The van der Waals surface area contributed by atoms with Gasteiger partial charge in [-0.2, -0.15) is 4.31 Å². The number of hydrogen-bond donors (Lipinski definition) is 1. The third kappa shape index (κ3) is 3.45. The fraction of sp³-hybridized carbons (Fsp3) is 0.500. The summed E-state index contributed by atoms with van der Waals surface area (Å²) in [6.45, 7) is 0.808. The van der Waals surface area contributed by atoms with Gasteiger partial charge in [-0.25, -0.2) is 12.8 Å². The van der Waals surface area contributed by atoms with Gasteiger partial charge in [-0.15, -0.1) is 12.4 Å². The summed E-state index contributed by atoms with van der Waals surface area (Å²) in [5.41, 5.74) is 5.63. The monoisotopic (exact) mass is 308 g/mol. The molecular formula is C12H18ClFN2O2S. The minimum atomic E-state index is -3.55. The predicted octanol–water partition coefficient (Wildman–Crippen LogP) is 1.75. The van der Waals surface area contributed by atoms with Crippen molar-refractivity contribution in [3.8, 4) is 0 Å². The number of halogens is 2. The summed E-state index contributed by atoms with van der Waals surface area (Å²) in [5.74, 6) is -0.442. The Balaban J connectivity index is 0.00000180. The number of benzene rings is 1. The van der Waals surface area contributed by atoms with Crippen molar-refractivity contribution in [3.05, 3.63) is 30.1 Å². The van der Waals surface area contributed by atoms with Gasteiger partial charge in [-0.3, -0.25) is 0 Å². The Morgan fingerprint density at radius 2 is 1.89 bits per heavy atom. The second kappa shape index (κ2) is 6.65. The van der Waals surface area contributed by atoms with E-state index in [1.165, 1.54) is 16.4 Å². The van der Waals surface area contributed by atoms with Crippen LogP contribution in [0.15, 0.2) is 29.2 Å². The molecule has 0 amide bonds. The van der Waals surface area contributed by atoms with Crippen LogP contribution in [-0.4, -0.2) is 31.9 Å². The van der Waals surface area contributed by atoms with E-state index in [-0.39, 0.29) is 23.3 Å². The lowest BCUT2D eigenvalue weighted by Gasteiger charge is -2.33. The zero-order chi connectivity index (χ0) is 13.2. The SMILES string of the molecule is Cl.NCC1CCCCN1S(=O)(=O)c1ccc(F)cc1. The number of sulfonamides is 1. The molecule has 0 aliphatic carbocycles. The first-order valence-corrected chi connectivity index (χ1v) is 7.47. The van der Waals surface area contributed by atoms with Crippen LogP contribution in [0.1, 0.15) is 19.3 Å². The molecule has 1 heterocycles. The van der Waals surface area contributed by atoms with Gasteiger partial charge in [0.2, 0.25) is 10.0 Å². The second-order valence-electron chi connectivity index (χ2n) is 4.45. The van der Waals surface area contributed by atoms with E-state index in [0.29, 0.717) is 13.1 Å². The summed E-state index contributed by atoms with van der Waals surface area (Å²) < 4.78 is 39.1. The third-order valence-corrected chi connectivity index (χ3v) is 5.23. The number of rotatable bonds is 3. The molecule has 1 aromatic carbocycles. The average Bonchev–Trinajstić information content (AvgIpc) is 2.39. The molecular weight excluding hydrogens is 291 g/mol. The maximum atomic E-state index is 12.8. The summed E-state index contributed by atoms with van der Waals surface area (Å²) in [6.07, 6.45) is 2.63. The van der Waals surface area contributed by atoms with Gasteiger partial charge >= 0.3 is 0 Å². The number of piperidine rings is 1. The molecule has 0 radical (unpaired) electrons. The molecule has 1 saturated heterocycles. The topological polar surface area (TPSA) is 63.4 Å². The van der Waals surface area contributed by atoms with E-state index in [1.54, 1.807) is 0 Å². The summed E-state index contributed by atoms with van der Waals surface area (Å²) in [7, 11) is -3.55. The molecule has 1 aliphatic heterocycles. The van der Waals surface area contributed by atoms with Crippen LogP contribution in [-0.2, 0) is 10.0 Å². The minimum Gasteiger partial charge on any atom is -0.329 e. The zero-order valence-corrected chi connectivity index (χ0v) is 12.1. The molecule has 0 bridgehead atoms. The van der Waals surface area contributed by atoms with E-state index in [1.807, 2.05) is 0 Å². The molecule has 4 nitrogen and oxygen atoms in total. The lowest BCUT2D eigenvalue weighted by molar-refractivity contribution is 0.257. The lowest BCUT2D eigenvalue weighted by atomic mass is 10.1. The zero-order valence-electron chi connectivity index (χ0n) is 10.5. The van der Waals surface area contributed by atoms with E-state index in [2.05, 4.69) is 0 Å². The summed E-state index contributed by atoms with van der Waals surface area (Å²) >= 11 is 0. The molecule has 1 aromatic rings. The molecule has 1 unspecified atom stereocenters. The van der Waals surface area contributed by atoms with Gasteiger partial charge in [0.25, 0.3) is 0 Å². The first kappa shape index (κ1) is 16.4. The van der Waals surface area contributed by atoms with Crippen molar-refractivity contribution in [2.75, 3.05) is 13.1 Å². The van der Waals surface area contributed by atoms with Crippen molar-refractivity contribution in [1.29, 1.82) is 0 Å². The van der Waals surface area contributed by atoms with Crippen molar-refractivity contribution in [3.63, 3.8) is 0 Å². The van der Waals surface area contributed by atoms with Crippen LogP contribution < -0.4 is 5.73 Å². The van der Waals surface area contributed by atoms with Crippen LogP contribution in [0.5, 0.6) is 0 Å². The smallest absolute Gasteiger partial charge is 0.243 e. The highest BCUT2D eigenvalue weighted by Crippen LogP contribution is 2.24. The highest BCUT2D eigenvalue weighted by molar-refractivity contribution is 7.89. The Labute approximate surface area is 119 Å². The Hall–Kier alpha value is -0.690. The summed E-state index contributed by atoms with van der Waals surface area (Å²) in [6, 6.07) is 4.77. The first-order chi connectivity index (χ1) is 8.55. The fourth-order valence-electron chi connectivity index (χ4n) is 2.27. The van der Waals surface area contributed by atoms with Gasteiger partial charge < -0.3 is 5.73 Å². The molecule has 108 valence electrons. The van der Waals surface area contributed by atoms with E-state index in [4.69, 9.17) is 5.73 Å².